The van der Waals surface area contributed by atoms with Crippen LogP contribution in [0.5, 0.6) is 0 Å². The van der Waals surface area contributed by atoms with Crippen LogP contribution in [0.15, 0.2) is 42.5 Å². The summed E-state index contributed by atoms with van der Waals surface area (Å²) in [5, 5.41) is 6.17. The molecule has 104 valence electrons. The predicted molar refractivity (Wildman–Crippen MR) is 84.5 cm³/mol. The van der Waals surface area contributed by atoms with Crippen molar-refractivity contribution in [3.63, 3.8) is 0 Å². The van der Waals surface area contributed by atoms with Crippen molar-refractivity contribution < 1.29 is 4.79 Å². The molecule has 0 aliphatic heterocycles. The van der Waals surface area contributed by atoms with Crippen molar-refractivity contribution in [3.05, 3.63) is 59.2 Å². The molecule has 0 radical (unpaired) electrons. The van der Waals surface area contributed by atoms with E-state index in [0.29, 0.717) is 5.56 Å². The fourth-order valence-electron chi connectivity index (χ4n) is 2.15. The highest BCUT2D eigenvalue weighted by Gasteiger charge is 2.09. The molecule has 2 N–H and O–H groups in total. The zero-order valence-electron chi connectivity index (χ0n) is 12.2. The Morgan fingerprint density at radius 2 is 1.85 bits per heavy atom. The largest absolute Gasteiger partial charge is 0.385 e. The second-order valence-corrected chi connectivity index (χ2v) is 4.88. The third-order valence-corrected chi connectivity index (χ3v) is 3.13. The normalized spacial score (nSPS) is 10.2. The number of amides is 1. The molecular formula is C17H20N2O. The van der Waals surface area contributed by atoms with Gasteiger partial charge in [0, 0.05) is 23.5 Å². The van der Waals surface area contributed by atoms with Crippen LogP contribution in [0.25, 0.3) is 0 Å². The lowest BCUT2D eigenvalue weighted by molar-refractivity contribution is 0.102. The number of anilines is 2. The van der Waals surface area contributed by atoms with E-state index in [2.05, 4.69) is 10.6 Å². The first-order valence-electron chi connectivity index (χ1n) is 6.82. The van der Waals surface area contributed by atoms with Crippen LogP contribution in [0.1, 0.15) is 28.4 Å². The van der Waals surface area contributed by atoms with Crippen molar-refractivity contribution >= 4 is 17.3 Å². The first-order valence-corrected chi connectivity index (χ1v) is 6.82. The number of hydrogen-bond donors (Lipinski definition) is 2. The number of aryl methyl sites for hydroxylation is 2. The van der Waals surface area contributed by atoms with E-state index in [1.807, 2.05) is 63.2 Å². The summed E-state index contributed by atoms with van der Waals surface area (Å²) in [6.07, 6.45) is 0. The Bertz CT molecular complexity index is 620. The maximum absolute atomic E-state index is 12.3. The summed E-state index contributed by atoms with van der Waals surface area (Å²) < 4.78 is 0. The average Bonchev–Trinajstić information content (AvgIpc) is 2.39. The minimum atomic E-state index is -0.0730. The fourth-order valence-corrected chi connectivity index (χ4v) is 2.15. The smallest absolute Gasteiger partial charge is 0.255 e. The number of benzene rings is 2. The topological polar surface area (TPSA) is 41.1 Å². The van der Waals surface area contributed by atoms with Gasteiger partial charge in [0.15, 0.2) is 0 Å². The van der Waals surface area contributed by atoms with Gasteiger partial charge in [0.2, 0.25) is 0 Å². The van der Waals surface area contributed by atoms with Crippen LogP contribution >= 0.6 is 0 Å². The first kappa shape index (κ1) is 14.1. The summed E-state index contributed by atoms with van der Waals surface area (Å²) in [4.78, 5) is 12.3. The molecule has 2 aromatic rings. The predicted octanol–water partition coefficient (Wildman–Crippen LogP) is 3.99. The van der Waals surface area contributed by atoms with Gasteiger partial charge in [-0.3, -0.25) is 4.79 Å². The van der Waals surface area contributed by atoms with Gasteiger partial charge < -0.3 is 10.6 Å². The first-order chi connectivity index (χ1) is 9.60. The lowest BCUT2D eigenvalue weighted by Crippen LogP contribution is -2.13. The number of carbonyl (C=O) groups excluding carboxylic acids is 1. The van der Waals surface area contributed by atoms with Crippen molar-refractivity contribution in [2.75, 3.05) is 17.2 Å². The van der Waals surface area contributed by atoms with Crippen LogP contribution in [0.3, 0.4) is 0 Å². The molecule has 0 aliphatic carbocycles. The molecule has 0 heterocycles. The van der Waals surface area contributed by atoms with Gasteiger partial charge >= 0.3 is 0 Å². The highest BCUT2D eigenvalue weighted by Crippen LogP contribution is 2.17. The maximum Gasteiger partial charge on any atom is 0.255 e. The molecule has 2 rings (SSSR count). The molecule has 0 bridgehead atoms. The zero-order valence-corrected chi connectivity index (χ0v) is 12.2. The summed E-state index contributed by atoms with van der Waals surface area (Å²) >= 11 is 0. The van der Waals surface area contributed by atoms with Crippen LogP contribution in [-0.2, 0) is 0 Å². The van der Waals surface area contributed by atoms with E-state index in [1.54, 1.807) is 0 Å². The van der Waals surface area contributed by atoms with Crippen LogP contribution < -0.4 is 10.6 Å². The lowest BCUT2D eigenvalue weighted by atomic mass is 10.1. The summed E-state index contributed by atoms with van der Waals surface area (Å²) in [5.74, 6) is -0.0730. The Morgan fingerprint density at radius 3 is 2.50 bits per heavy atom. The van der Waals surface area contributed by atoms with Crippen LogP contribution in [0.2, 0.25) is 0 Å². The van der Waals surface area contributed by atoms with Crippen molar-refractivity contribution in [2.45, 2.75) is 20.8 Å². The Hall–Kier alpha value is -2.29. The second-order valence-electron chi connectivity index (χ2n) is 4.88. The minimum Gasteiger partial charge on any atom is -0.385 e. The third kappa shape index (κ3) is 3.38. The van der Waals surface area contributed by atoms with Gasteiger partial charge in [-0.25, -0.2) is 0 Å². The molecule has 0 saturated carbocycles. The molecule has 3 heteroatoms. The molecule has 20 heavy (non-hydrogen) atoms. The molecule has 1 amide bonds. The summed E-state index contributed by atoms with van der Waals surface area (Å²) in [6, 6.07) is 13.6. The monoisotopic (exact) mass is 268 g/mol. The molecule has 0 aromatic heterocycles. The van der Waals surface area contributed by atoms with Crippen molar-refractivity contribution in [2.24, 2.45) is 0 Å². The zero-order chi connectivity index (χ0) is 14.5. The molecule has 0 spiro atoms. The second kappa shape index (κ2) is 6.24. The van der Waals surface area contributed by atoms with Crippen LogP contribution in [0, 0.1) is 13.8 Å². The summed E-state index contributed by atoms with van der Waals surface area (Å²) in [5.41, 5.74) is 4.66. The van der Waals surface area contributed by atoms with E-state index in [0.717, 1.165) is 29.0 Å². The number of hydrogen-bond acceptors (Lipinski definition) is 2. The Kier molecular flexibility index (Phi) is 4.41. The quantitative estimate of drug-likeness (QED) is 0.880. The highest BCUT2D eigenvalue weighted by molar-refractivity contribution is 6.05. The van der Waals surface area contributed by atoms with E-state index < -0.39 is 0 Å². The minimum absolute atomic E-state index is 0.0730. The standard InChI is InChI=1S/C17H20N2O/c1-4-18-14-8-9-16(13(3)11-14)17(20)19-15-7-5-6-12(2)10-15/h5-11,18H,4H2,1-3H3,(H,19,20). The molecule has 0 aliphatic rings. The van der Waals surface area contributed by atoms with E-state index in [4.69, 9.17) is 0 Å². The molecule has 0 saturated heterocycles. The SMILES string of the molecule is CCNc1ccc(C(=O)Nc2cccc(C)c2)c(C)c1. The summed E-state index contributed by atoms with van der Waals surface area (Å²) in [6.45, 7) is 6.88. The van der Waals surface area contributed by atoms with Gasteiger partial charge in [0.05, 0.1) is 0 Å². The van der Waals surface area contributed by atoms with E-state index in [9.17, 15) is 4.79 Å². The molecule has 0 atom stereocenters. The Morgan fingerprint density at radius 1 is 1.05 bits per heavy atom. The molecule has 0 fully saturated rings. The lowest BCUT2D eigenvalue weighted by Gasteiger charge is -2.10. The van der Waals surface area contributed by atoms with E-state index in [-0.39, 0.29) is 5.91 Å². The van der Waals surface area contributed by atoms with Crippen LogP contribution in [-0.4, -0.2) is 12.5 Å². The van der Waals surface area contributed by atoms with Crippen molar-refractivity contribution in [1.82, 2.24) is 0 Å². The maximum atomic E-state index is 12.3. The highest BCUT2D eigenvalue weighted by atomic mass is 16.1. The average molecular weight is 268 g/mol. The van der Waals surface area contributed by atoms with Gasteiger partial charge in [-0.05, 0) is 62.2 Å². The Balaban J connectivity index is 2.17. The molecule has 0 unspecified atom stereocenters. The van der Waals surface area contributed by atoms with E-state index in [1.165, 1.54) is 0 Å². The van der Waals surface area contributed by atoms with Gasteiger partial charge in [0.1, 0.15) is 0 Å². The number of nitrogens with one attached hydrogen (secondary N) is 2. The molecule has 3 nitrogen and oxygen atoms in total. The molecular weight excluding hydrogens is 248 g/mol. The Labute approximate surface area is 120 Å². The van der Waals surface area contributed by atoms with Gasteiger partial charge in [-0.1, -0.05) is 12.1 Å². The van der Waals surface area contributed by atoms with E-state index >= 15 is 0 Å². The number of rotatable bonds is 4. The third-order valence-electron chi connectivity index (χ3n) is 3.13. The van der Waals surface area contributed by atoms with Crippen LogP contribution in [0.4, 0.5) is 11.4 Å². The number of carbonyl (C=O) groups is 1. The van der Waals surface area contributed by atoms with Crippen molar-refractivity contribution in [3.8, 4) is 0 Å². The van der Waals surface area contributed by atoms with Gasteiger partial charge in [-0.15, -0.1) is 0 Å². The fraction of sp³-hybridized carbons (Fsp3) is 0.235. The van der Waals surface area contributed by atoms with Gasteiger partial charge in [0.25, 0.3) is 5.91 Å². The van der Waals surface area contributed by atoms with Crippen molar-refractivity contribution in [1.29, 1.82) is 0 Å². The summed E-state index contributed by atoms with van der Waals surface area (Å²) in [7, 11) is 0. The molecule has 2 aromatic carbocycles. The van der Waals surface area contributed by atoms with Gasteiger partial charge in [-0.2, -0.15) is 0 Å².